The van der Waals surface area contributed by atoms with E-state index in [1.165, 1.54) is 24.3 Å². The molecule has 0 atom stereocenters. The van der Waals surface area contributed by atoms with Gasteiger partial charge in [-0.05, 0) is 29.8 Å². The zero-order chi connectivity index (χ0) is 21.0. The van der Waals surface area contributed by atoms with Crippen molar-refractivity contribution in [2.75, 3.05) is 38.0 Å². The van der Waals surface area contributed by atoms with Crippen molar-refractivity contribution in [3.63, 3.8) is 0 Å². The van der Waals surface area contributed by atoms with Crippen molar-refractivity contribution >= 4 is 11.6 Å². The van der Waals surface area contributed by atoms with Gasteiger partial charge in [0.25, 0.3) is 0 Å². The quantitative estimate of drug-likeness (QED) is 0.759. The molecule has 2 aromatic rings. The van der Waals surface area contributed by atoms with Crippen LogP contribution in [0, 0.1) is 11.6 Å². The van der Waals surface area contributed by atoms with Crippen molar-refractivity contribution in [3.05, 3.63) is 65.2 Å². The number of anilines is 1. The number of alkyl halides is 3. The molecule has 1 N–H and O–H groups in total. The molecule has 0 aromatic heterocycles. The van der Waals surface area contributed by atoms with E-state index in [0.29, 0.717) is 38.3 Å². The highest BCUT2D eigenvalue weighted by Crippen LogP contribution is 2.34. The number of piperazine rings is 1. The number of halogens is 5. The van der Waals surface area contributed by atoms with E-state index >= 15 is 0 Å². The van der Waals surface area contributed by atoms with E-state index in [1.807, 2.05) is 9.80 Å². The Morgan fingerprint density at radius 1 is 0.931 bits per heavy atom. The summed E-state index contributed by atoms with van der Waals surface area (Å²) < 4.78 is 65.3. The summed E-state index contributed by atoms with van der Waals surface area (Å²) in [4.78, 5) is 16.1. The molecule has 9 heteroatoms. The molecule has 0 spiro atoms. The van der Waals surface area contributed by atoms with Crippen LogP contribution in [0.4, 0.5) is 27.6 Å². The molecule has 0 bridgehead atoms. The zero-order valence-corrected chi connectivity index (χ0v) is 15.5. The predicted molar refractivity (Wildman–Crippen MR) is 98.1 cm³/mol. The van der Waals surface area contributed by atoms with Gasteiger partial charge in [-0.3, -0.25) is 14.6 Å². The number of hydrogen-bond acceptors (Lipinski definition) is 3. The summed E-state index contributed by atoms with van der Waals surface area (Å²) in [6.45, 7) is 2.72. The summed E-state index contributed by atoms with van der Waals surface area (Å²) in [6.07, 6.45) is -4.55. The minimum absolute atomic E-state index is 0.0226. The predicted octanol–water partition coefficient (Wildman–Crippen LogP) is 3.74. The monoisotopic (exact) mass is 413 g/mol. The molecule has 29 heavy (non-hydrogen) atoms. The van der Waals surface area contributed by atoms with Gasteiger partial charge in [0.1, 0.15) is 0 Å². The Morgan fingerprint density at radius 2 is 1.59 bits per heavy atom. The number of rotatable bonds is 5. The van der Waals surface area contributed by atoms with Crippen LogP contribution in [0.15, 0.2) is 42.5 Å². The van der Waals surface area contributed by atoms with Crippen LogP contribution in [0.25, 0.3) is 0 Å². The molecular formula is C20H20F5N3O. The van der Waals surface area contributed by atoms with Crippen LogP contribution in [-0.4, -0.2) is 48.4 Å². The SMILES string of the molecule is O=C(CN1CCN(Cc2ccc(F)c(F)c2)CC1)Nc1ccccc1C(F)(F)F. The van der Waals surface area contributed by atoms with Gasteiger partial charge in [-0.25, -0.2) is 8.78 Å². The maximum absolute atomic E-state index is 13.3. The molecule has 1 fully saturated rings. The Morgan fingerprint density at radius 3 is 2.24 bits per heavy atom. The molecule has 0 radical (unpaired) electrons. The Labute approximate surface area is 164 Å². The van der Waals surface area contributed by atoms with E-state index in [2.05, 4.69) is 5.32 Å². The highest BCUT2D eigenvalue weighted by Gasteiger charge is 2.33. The van der Waals surface area contributed by atoms with Crippen LogP contribution in [0.1, 0.15) is 11.1 Å². The van der Waals surface area contributed by atoms with Crippen molar-refractivity contribution in [2.24, 2.45) is 0 Å². The molecule has 1 aliphatic heterocycles. The molecule has 1 saturated heterocycles. The van der Waals surface area contributed by atoms with Gasteiger partial charge in [0.15, 0.2) is 11.6 Å². The minimum Gasteiger partial charge on any atom is -0.324 e. The summed E-state index contributed by atoms with van der Waals surface area (Å²) in [5.41, 5.74) is -0.495. The van der Waals surface area contributed by atoms with Crippen LogP contribution in [0.5, 0.6) is 0 Å². The summed E-state index contributed by atoms with van der Waals surface area (Å²) in [5.74, 6) is -2.30. The van der Waals surface area contributed by atoms with E-state index in [1.54, 1.807) is 0 Å². The topological polar surface area (TPSA) is 35.6 Å². The van der Waals surface area contributed by atoms with Crippen molar-refractivity contribution in [3.8, 4) is 0 Å². The number of para-hydroxylation sites is 1. The standard InChI is InChI=1S/C20H20F5N3O/c21-16-6-5-14(11-17(16)22)12-27-7-9-28(10-8-27)13-19(29)26-18-4-2-1-3-15(18)20(23,24)25/h1-6,11H,7-10,12-13H2,(H,26,29). The van der Waals surface area contributed by atoms with Crippen molar-refractivity contribution in [1.82, 2.24) is 9.80 Å². The highest BCUT2D eigenvalue weighted by atomic mass is 19.4. The van der Waals surface area contributed by atoms with Crippen molar-refractivity contribution in [2.45, 2.75) is 12.7 Å². The number of carbonyl (C=O) groups excluding carboxylic acids is 1. The summed E-state index contributed by atoms with van der Waals surface area (Å²) in [6, 6.07) is 8.62. The number of amides is 1. The van der Waals surface area contributed by atoms with E-state index in [4.69, 9.17) is 0 Å². The normalized spacial score (nSPS) is 16.0. The lowest BCUT2D eigenvalue weighted by Gasteiger charge is -2.34. The summed E-state index contributed by atoms with van der Waals surface area (Å²) >= 11 is 0. The molecule has 1 aliphatic rings. The Hall–Kier alpha value is -2.52. The Bertz CT molecular complexity index is 863. The zero-order valence-electron chi connectivity index (χ0n) is 15.5. The fraction of sp³-hybridized carbons (Fsp3) is 0.350. The van der Waals surface area contributed by atoms with E-state index < -0.39 is 29.3 Å². The van der Waals surface area contributed by atoms with Gasteiger partial charge in [-0.2, -0.15) is 13.2 Å². The van der Waals surface area contributed by atoms with Crippen LogP contribution >= 0.6 is 0 Å². The van der Waals surface area contributed by atoms with Gasteiger partial charge in [0.05, 0.1) is 17.8 Å². The van der Waals surface area contributed by atoms with E-state index in [0.717, 1.165) is 18.2 Å². The first-order valence-corrected chi connectivity index (χ1v) is 9.07. The van der Waals surface area contributed by atoms with Crippen LogP contribution in [0.3, 0.4) is 0 Å². The third-order valence-corrected chi connectivity index (χ3v) is 4.73. The third-order valence-electron chi connectivity index (χ3n) is 4.73. The smallest absolute Gasteiger partial charge is 0.324 e. The average Bonchev–Trinajstić information content (AvgIpc) is 2.66. The molecule has 0 aliphatic carbocycles. The maximum atomic E-state index is 13.3. The fourth-order valence-electron chi connectivity index (χ4n) is 3.23. The number of hydrogen-bond donors (Lipinski definition) is 1. The summed E-state index contributed by atoms with van der Waals surface area (Å²) in [5, 5.41) is 2.34. The first kappa shape index (κ1) is 21.2. The lowest BCUT2D eigenvalue weighted by Crippen LogP contribution is -2.48. The summed E-state index contributed by atoms with van der Waals surface area (Å²) in [7, 11) is 0. The maximum Gasteiger partial charge on any atom is 0.418 e. The Kier molecular flexibility index (Phi) is 6.49. The van der Waals surface area contributed by atoms with Gasteiger partial charge in [0.2, 0.25) is 5.91 Å². The number of carbonyl (C=O) groups is 1. The van der Waals surface area contributed by atoms with Gasteiger partial charge < -0.3 is 5.32 Å². The highest BCUT2D eigenvalue weighted by molar-refractivity contribution is 5.93. The minimum atomic E-state index is -4.55. The van der Waals surface area contributed by atoms with Gasteiger partial charge in [-0.1, -0.05) is 18.2 Å². The second-order valence-corrected chi connectivity index (χ2v) is 6.89. The fourth-order valence-corrected chi connectivity index (χ4v) is 3.23. The van der Waals surface area contributed by atoms with Crippen LogP contribution < -0.4 is 5.32 Å². The lowest BCUT2D eigenvalue weighted by atomic mass is 10.1. The van der Waals surface area contributed by atoms with Gasteiger partial charge in [-0.15, -0.1) is 0 Å². The van der Waals surface area contributed by atoms with Crippen molar-refractivity contribution in [1.29, 1.82) is 0 Å². The molecule has 4 nitrogen and oxygen atoms in total. The molecule has 0 saturated carbocycles. The third kappa shape index (κ3) is 5.74. The molecule has 2 aromatic carbocycles. The average molecular weight is 413 g/mol. The van der Waals surface area contributed by atoms with Crippen LogP contribution in [0.2, 0.25) is 0 Å². The molecule has 3 rings (SSSR count). The second kappa shape index (κ2) is 8.87. The van der Waals surface area contributed by atoms with E-state index in [9.17, 15) is 26.7 Å². The molecule has 0 unspecified atom stereocenters. The number of benzene rings is 2. The molecular weight excluding hydrogens is 393 g/mol. The number of nitrogens with zero attached hydrogens (tertiary/aromatic N) is 2. The van der Waals surface area contributed by atoms with E-state index in [-0.39, 0.29) is 12.2 Å². The second-order valence-electron chi connectivity index (χ2n) is 6.89. The first-order chi connectivity index (χ1) is 13.7. The molecule has 1 amide bonds. The van der Waals surface area contributed by atoms with Gasteiger partial charge >= 0.3 is 6.18 Å². The van der Waals surface area contributed by atoms with Crippen LogP contribution in [-0.2, 0) is 17.5 Å². The Balaban J connectivity index is 1.49. The first-order valence-electron chi connectivity index (χ1n) is 9.07. The number of nitrogens with one attached hydrogen (secondary N) is 1. The van der Waals surface area contributed by atoms with Crippen molar-refractivity contribution < 1.29 is 26.7 Å². The largest absolute Gasteiger partial charge is 0.418 e. The van der Waals surface area contributed by atoms with Gasteiger partial charge in [0, 0.05) is 32.7 Å². The lowest BCUT2D eigenvalue weighted by molar-refractivity contribution is -0.137. The molecule has 1 heterocycles. The molecule has 156 valence electrons.